The third-order valence-corrected chi connectivity index (χ3v) is 7.95. The van der Waals surface area contributed by atoms with Crippen LogP contribution in [0.5, 0.6) is 5.75 Å². The Morgan fingerprint density at radius 1 is 1.18 bits per heavy atom. The Hall–Kier alpha value is -4.38. The lowest BCUT2D eigenvalue weighted by Gasteiger charge is -2.32. The largest absolute Gasteiger partial charge is 0.496 e. The number of hydrogen-bond donors (Lipinski definition) is 1. The lowest BCUT2D eigenvalue weighted by Crippen LogP contribution is -2.51. The van der Waals surface area contributed by atoms with Crippen LogP contribution in [0.2, 0.25) is 0 Å². The fraction of sp³-hybridized carbons (Fsp3) is 0.355. The SMILES string of the molecule is [C-]#[N+][C@@H]1C[C@@]2(CN1C(=O)[C@H](CC(C)C)N(C)C(=O)c1cc(OC)c3ccccc3c1)C(=O)Nc1ccccc12. The van der Waals surface area contributed by atoms with Crippen LogP contribution >= 0.6 is 0 Å². The van der Waals surface area contributed by atoms with Crippen molar-refractivity contribution >= 4 is 34.2 Å². The van der Waals surface area contributed by atoms with Crippen molar-refractivity contribution in [2.45, 2.75) is 44.3 Å². The molecule has 8 nitrogen and oxygen atoms in total. The van der Waals surface area contributed by atoms with E-state index in [-0.39, 0.29) is 36.6 Å². The summed E-state index contributed by atoms with van der Waals surface area (Å²) in [4.78, 5) is 47.9. The molecule has 2 aliphatic rings. The number of para-hydroxylation sites is 1. The zero-order chi connectivity index (χ0) is 27.9. The monoisotopic (exact) mass is 524 g/mol. The van der Waals surface area contributed by atoms with Gasteiger partial charge >= 0.3 is 6.17 Å². The first-order chi connectivity index (χ1) is 18.7. The van der Waals surface area contributed by atoms with E-state index in [1.165, 1.54) is 9.80 Å². The molecular formula is C31H32N4O4. The van der Waals surface area contributed by atoms with E-state index in [9.17, 15) is 14.4 Å². The van der Waals surface area contributed by atoms with Crippen molar-refractivity contribution in [1.29, 1.82) is 0 Å². The highest BCUT2D eigenvalue weighted by molar-refractivity contribution is 6.07. The number of likely N-dealkylation sites (tertiary alicyclic amines) is 1. The van der Waals surface area contributed by atoms with Crippen molar-refractivity contribution < 1.29 is 19.1 Å². The number of anilines is 1. The highest BCUT2D eigenvalue weighted by Crippen LogP contribution is 2.47. The summed E-state index contributed by atoms with van der Waals surface area (Å²) >= 11 is 0. The van der Waals surface area contributed by atoms with Crippen molar-refractivity contribution in [2.75, 3.05) is 26.0 Å². The predicted molar refractivity (Wildman–Crippen MR) is 149 cm³/mol. The van der Waals surface area contributed by atoms with E-state index in [1.54, 1.807) is 26.3 Å². The molecule has 2 heterocycles. The van der Waals surface area contributed by atoms with Crippen LogP contribution in [0, 0.1) is 12.5 Å². The molecule has 3 aromatic carbocycles. The minimum Gasteiger partial charge on any atom is -0.496 e. The second-order valence-corrected chi connectivity index (χ2v) is 10.8. The highest BCUT2D eigenvalue weighted by atomic mass is 16.5. The first kappa shape index (κ1) is 26.2. The fourth-order valence-corrected chi connectivity index (χ4v) is 5.93. The van der Waals surface area contributed by atoms with Gasteiger partial charge in [0.1, 0.15) is 17.2 Å². The summed E-state index contributed by atoms with van der Waals surface area (Å²) in [6, 6.07) is 17.8. The van der Waals surface area contributed by atoms with E-state index in [4.69, 9.17) is 11.3 Å². The Kier molecular flexibility index (Phi) is 6.77. The zero-order valence-electron chi connectivity index (χ0n) is 22.6. The molecule has 1 fully saturated rings. The lowest BCUT2D eigenvalue weighted by molar-refractivity contribution is -0.136. The molecule has 8 heteroatoms. The van der Waals surface area contributed by atoms with Gasteiger partial charge in [-0.2, -0.15) is 0 Å². The Bertz CT molecular complexity index is 1510. The van der Waals surface area contributed by atoms with E-state index in [0.717, 1.165) is 22.0 Å². The van der Waals surface area contributed by atoms with Gasteiger partial charge in [-0.1, -0.05) is 56.3 Å². The fourth-order valence-electron chi connectivity index (χ4n) is 5.93. The van der Waals surface area contributed by atoms with Crippen molar-refractivity contribution in [3.05, 3.63) is 83.2 Å². The summed E-state index contributed by atoms with van der Waals surface area (Å²) in [7, 11) is 3.20. The third kappa shape index (κ3) is 4.38. The summed E-state index contributed by atoms with van der Waals surface area (Å²) in [6.07, 6.45) is -0.157. The number of benzene rings is 3. The number of carbonyl (C=O) groups excluding carboxylic acids is 3. The number of likely N-dealkylation sites (N-methyl/N-ethyl adjacent to an activating group) is 1. The Balaban J connectivity index is 1.48. The average Bonchev–Trinajstić information content (AvgIpc) is 3.47. The van der Waals surface area contributed by atoms with Gasteiger partial charge in [0.2, 0.25) is 5.91 Å². The van der Waals surface area contributed by atoms with Crippen LogP contribution in [-0.4, -0.2) is 60.4 Å². The molecule has 1 saturated heterocycles. The molecule has 0 unspecified atom stereocenters. The van der Waals surface area contributed by atoms with Crippen LogP contribution < -0.4 is 10.1 Å². The summed E-state index contributed by atoms with van der Waals surface area (Å²) < 4.78 is 5.56. The Morgan fingerprint density at radius 2 is 1.90 bits per heavy atom. The molecule has 5 rings (SSSR count). The maximum atomic E-state index is 14.2. The number of hydrogen-bond acceptors (Lipinski definition) is 4. The van der Waals surface area contributed by atoms with Crippen molar-refractivity contribution in [3.63, 3.8) is 0 Å². The van der Waals surface area contributed by atoms with Gasteiger partial charge in [0, 0.05) is 30.2 Å². The smallest absolute Gasteiger partial charge is 0.302 e. The van der Waals surface area contributed by atoms with E-state index in [2.05, 4.69) is 10.2 Å². The lowest BCUT2D eigenvalue weighted by atomic mass is 9.80. The quantitative estimate of drug-likeness (QED) is 0.474. The van der Waals surface area contributed by atoms with Crippen molar-refractivity contribution in [1.82, 2.24) is 9.80 Å². The predicted octanol–water partition coefficient (Wildman–Crippen LogP) is 4.70. The van der Waals surface area contributed by atoms with Crippen LogP contribution in [0.1, 0.15) is 42.6 Å². The zero-order valence-corrected chi connectivity index (χ0v) is 22.6. The van der Waals surface area contributed by atoms with E-state index in [1.807, 2.05) is 62.4 Å². The Labute approximate surface area is 228 Å². The molecule has 3 amide bonds. The molecule has 0 bridgehead atoms. The summed E-state index contributed by atoms with van der Waals surface area (Å²) in [5.74, 6) is -0.130. The normalized spacial score (nSPS) is 20.6. The molecule has 0 saturated carbocycles. The maximum Gasteiger partial charge on any atom is 0.302 e. The van der Waals surface area contributed by atoms with Crippen LogP contribution in [0.25, 0.3) is 15.6 Å². The Morgan fingerprint density at radius 3 is 2.62 bits per heavy atom. The molecule has 0 aromatic heterocycles. The molecule has 200 valence electrons. The van der Waals surface area contributed by atoms with Crippen molar-refractivity contribution in [3.8, 4) is 5.75 Å². The van der Waals surface area contributed by atoms with E-state index in [0.29, 0.717) is 17.7 Å². The highest BCUT2D eigenvalue weighted by Gasteiger charge is 2.59. The van der Waals surface area contributed by atoms with E-state index < -0.39 is 17.6 Å². The number of nitrogens with zero attached hydrogens (tertiary/aromatic N) is 3. The topological polar surface area (TPSA) is 83.3 Å². The molecule has 39 heavy (non-hydrogen) atoms. The number of rotatable bonds is 6. The van der Waals surface area contributed by atoms with Crippen LogP contribution in [0.3, 0.4) is 0 Å². The molecule has 2 aliphatic heterocycles. The minimum absolute atomic E-state index is 0.0994. The van der Waals surface area contributed by atoms with Gasteiger partial charge in [-0.25, -0.2) is 6.57 Å². The van der Waals surface area contributed by atoms with Crippen LogP contribution in [0.4, 0.5) is 5.69 Å². The molecule has 3 aromatic rings. The summed E-state index contributed by atoms with van der Waals surface area (Å²) in [5.41, 5.74) is 0.972. The van der Waals surface area contributed by atoms with Gasteiger partial charge in [0.15, 0.2) is 0 Å². The number of carbonyl (C=O) groups is 3. The molecular weight excluding hydrogens is 492 g/mol. The number of methoxy groups -OCH3 is 1. The molecule has 0 aliphatic carbocycles. The first-order valence-corrected chi connectivity index (χ1v) is 13.1. The third-order valence-electron chi connectivity index (χ3n) is 7.95. The van der Waals surface area contributed by atoms with Gasteiger partial charge in [-0.3, -0.25) is 24.1 Å². The number of amides is 3. The summed E-state index contributed by atoms with van der Waals surface area (Å²) in [5, 5.41) is 4.68. The van der Waals surface area contributed by atoms with Gasteiger partial charge in [-0.15, -0.1) is 0 Å². The minimum atomic E-state index is -0.974. The molecule has 3 atom stereocenters. The number of ether oxygens (including phenoxy) is 1. The molecule has 1 N–H and O–H groups in total. The van der Waals surface area contributed by atoms with Gasteiger partial charge < -0.3 is 15.0 Å². The second-order valence-electron chi connectivity index (χ2n) is 10.8. The van der Waals surface area contributed by atoms with Crippen molar-refractivity contribution in [2.24, 2.45) is 5.92 Å². The first-order valence-electron chi connectivity index (χ1n) is 13.1. The molecule has 0 radical (unpaired) electrons. The standard InChI is InChI=1S/C31H32N4O4/c1-19(2)14-25(34(4)28(36)21-15-20-10-6-7-11-22(20)26(16-21)39-5)29(37)35-18-31(17-27(35)32-3)23-12-8-9-13-24(23)33-30(31)38/h6-13,15-16,19,25,27H,14,17-18H2,1-2,4-5H3,(H,33,38)/t25-,27-,31-/m0/s1. The van der Waals surface area contributed by atoms with Crippen LogP contribution in [0.15, 0.2) is 60.7 Å². The van der Waals surface area contributed by atoms with E-state index >= 15 is 0 Å². The summed E-state index contributed by atoms with van der Waals surface area (Å²) in [6.45, 7) is 11.9. The van der Waals surface area contributed by atoms with Crippen LogP contribution in [-0.2, 0) is 15.0 Å². The maximum absolute atomic E-state index is 14.2. The number of fused-ring (bicyclic) bond motifs is 3. The van der Waals surface area contributed by atoms with Gasteiger partial charge in [0.05, 0.1) is 13.5 Å². The van der Waals surface area contributed by atoms with Gasteiger partial charge in [0.25, 0.3) is 11.8 Å². The second kappa shape index (κ2) is 10.1. The average molecular weight is 525 g/mol. The van der Waals surface area contributed by atoms with Gasteiger partial charge in [-0.05, 0) is 41.5 Å². The molecule has 1 spiro atoms. The number of nitrogens with one attached hydrogen (secondary N) is 1.